The van der Waals surface area contributed by atoms with Crippen molar-refractivity contribution in [3.8, 4) is 0 Å². The maximum Gasteiger partial charge on any atom is 0.304 e. The molecule has 18 heavy (non-hydrogen) atoms. The first kappa shape index (κ1) is 13.8. The van der Waals surface area contributed by atoms with E-state index in [1.54, 1.807) is 4.31 Å². The molecule has 2 rings (SSSR count). The highest BCUT2D eigenvalue weighted by Crippen LogP contribution is 2.31. The van der Waals surface area contributed by atoms with Gasteiger partial charge in [-0.2, -0.15) is 4.31 Å². The van der Waals surface area contributed by atoms with Crippen LogP contribution in [0.4, 0.5) is 0 Å². The van der Waals surface area contributed by atoms with Gasteiger partial charge in [0.2, 0.25) is 10.0 Å². The lowest BCUT2D eigenvalue weighted by atomic mass is 10.3. The Morgan fingerprint density at radius 3 is 2.28 bits per heavy atom. The molecule has 0 aromatic heterocycles. The zero-order valence-electron chi connectivity index (χ0n) is 10.4. The van der Waals surface area contributed by atoms with Crippen molar-refractivity contribution in [2.45, 2.75) is 19.3 Å². The Labute approximate surface area is 108 Å². The van der Waals surface area contributed by atoms with Gasteiger partial charge in [-0.3, -0.25) is 4.79 Å². The SMILES string of the molecule is O=C(O)CCN1CCN(S(=O)(=O)CC2CC2)CC1. The van der Waals surface area contributed by atoms with E-state index in [0.717, 1.165) is 12.8 Å². The van der Waals surface area contributed by atoms with Crippen molar-refractivity contribution in [3.05, 3.63) is 0 Å². The lowest BCUT2D eigenvalue weighted by molar-refractivity contribution is -0.137. The third-order valence-corrected chi connectivity index (χ3v) is 5.55. The molecule has 1 heterocycles. The molecular weight excluding hydrogens is 256 g/mol. The number of carbonyl (C=O) groups is 1. The van der Waals surface area contributed by atoms with E-state index in [0.29, 0.717) is 44.4 Å². The van der Waals surface area contributed by atoms with Crippen LogP contribution in [0, 0.1) is 5.92 Å². The van der Waals surface area contributed by atoms with E-state index < -0.39 is 16.0 Å². The molecule has 0 amide bonds. The second-order valence-corrected chi connectivity index (χ2v) is 7.12. The van der Waals surface area contributed by atoms with Crippen LogP contribution in [-0.2, 0) is 14.8 Å². The van der Waals surface area contributed by atoms with Gasteiger partial charge in [0.1, 0.15) is 0 Å². The van der Waals surface area contributed by atoms with E-state index in [9.17, 15) is 13.2 Å². The van der Waals surface area contributed by atoms with Crippen LogP contribution in [0.15, 0.2) is 0 Å². The molecule has 1 saturated carbocycles. The summed E-state index contributed by atoms with van der Waals surface area (Å²) in [5.41, 5.74) is 0. The fraction of sp³-hybridized carbons (Fsp3) is 0.909. The molecule has 0 spiro atoms. The molecule has 0 aromatic rings. The molecular formula is C11H20N2O4S. The number of carboxylic acid groups (broad SMARTS) is 1. The van der Waals surface area contributed by atoms with Gasteiger partial charge in [-0.1, -0.05) is 0 Å². The molecule has 1 aliphatic heterocycles. The van der Waals surface area contributed by atoms with Crippen LogP contribution >= 0.6 is 0 Å². The fourth-order valence-corrected chi connectivity index (χ4v) is 4.03. The standard InChI is InChI=1S/C11H20N2O4S/c14-11(15)3-4-12-5-7-13(8-6-12)18(16,17)9-10-1-2-10/h10H,1-9H2,(H,14,15). The summed E-state index contributed by atoms with van der Waals surface area (Å²) in [6, 6.07) is 0. The van der Waals surface area contributed by atoms with E-state index >= 15 is 0 Å². The predicted molar refractivity (Wildman–Crippen MR) is 66.8 cm³/mol. The minimum absolute atomic E-state index is 0.120. The number of hydrogen-bond donors (Lipinski definition) is 1. The number of hydrogen-bond acceptors (Lipinski definition) is 4. The minimum Gasteiger partial charge on any atom is -0.481 e. The molecule has 6 nitrogen and oxygen atoms in total. The van der Waals surface area contributed by atoms with E-state index in [1.807, 2.05) is 4.90 Å². The largest absolute Gasteiger partial charge is 0.481 e. The van der Waals surface area contributed by atoms with Gasteiger partial charge < -0.3 is 10.0 Å². The Kier molecular flexibility index (Phi) is 4.24. The number of aliphatic carboxylic acids is 1. The molecule has 2 aliphatic rings. The van der Waals surface area contributed by atoms with Gasteiger partial charge >= 0.3 is 5.97 Å². The average molecular weight is 276 g/mol. The number of nitrogens with zero attached hydrogens (tertiary/aromatic N) is 2. The summed E-state index contributed by atoms with van der Waals surface area (Å²) in [5, 5.41) is 8.60. The summed E-state index contributed by atoms with van der Waals surface area (Å²) in [7, 11) is -3.08. The van der Waals surface area contributed by atoms with Crippen molar-refractivity contribution in [3.63, 3.8) is 0 Å². The van der Waals surface area contributed by atoms with Crippen molar-refractivity contribution in [1.29, 1.82) is 0 Å². The van der Waals surface area contributed by atoms with Gasteiger partial charge in [0.15, 0.2) is 0 Å². The number of sulfonamides is 1. The zero-order chi connectivity index (χ0) is 13.2. The Bertz CT molecular complexity index is 397. The average Bonchev–Trinajstić information content (AvgIpc) is 3.10. The summed E-state index contributed by atoms with van der Waals surface area (Å²) in [4.78, 5) is 12.5. The maximum absolute atomic E-state index is 12.0. The predicted octanol–water partition coefficient (Wildman–Crippen LogP) is -0.181. The van der Waals surface area contributed by atoms with Crippen LogP contribution in [0.25, 0.3) is 0 Å². The molecule has 0 unspecified atom stereocenters. The monoisotopic (exact) mass is 276 g/mol. The molecule has 1 N–H and O–H groups in total. The zero-order valence-corrected chi connectivity index (χ0v) is 11.2. The maximum atomic E-state index is 12.0. The normalized spacial score (nSPS) is 23.1. The van der Waals surface area contributed by atoms with Crippen LogP contribution in [-0.4, -0.2) is 67.2 Å². The van der Waals surface area contributed by atoms with Crippen LogP contribution in [0.2, 0.25) is 0 Å². The van der Waals surface area contributed by atoms with Crippen molar-refractivity contribution in [2.24, 2.45) is 5.92 Å². The Morgan fingerprint density at radius 2 is 1.78 bits per heavy atom. The lowest BCUT2D eigenvalue weighted by Crippen LogP contribution is -2.49. The van der Waals surface area contributed by atoms with Gasteiger partial charge in [-0.05, 0) is 18.8 Å². The molecule has 0 bridgehead atoms. The van der Waals surface area contributed by atoms with E-state index in [2.05, 4.69) is 0 Å². The van der Waals surface area contributed by atoms with E-state index in [-0.39, 0.29) is 6.42 Å². The molecule has 0 radical (unpaired) electrons. The molecule has 1 aliphatic carbocycles. The summed E-state index contributed by atoms with van der Waals surface area (Å²) < 4.78 is 25.6. The lowest BCUT2D eigenvalue weighted by Gasteiger charge is -2.33. The third-order valence-electron chi connectivity index (χ3n) is 3.51. The first-order valence-electron chi connectivity index (χ1n) is 6.39. The highest BCUT2D eigenvalue weighted by molar-refractivity contribution is 7.89. The van der Waals surface area contributed by atoms with Gasteiger partial charge in [0.25, 0.3) is 0 Å². The van der Waals surface area contributed by atoms with Gasteiger partial charge in [0.05, 0.1) is 12.2 Å². The summed E-state index contributed by atoms with van der Waals surface area (Å²) >= 11 is 0. The second-order valence-electron chi connectivity index (χ2n) is 5.11. The summed E-state index contributed by atoms with van der Waals surface area (Å²) in [5.74, 6) is -0.138. The van der Waals surface area contributed by atoms with Crippen molar-refractivity contribution in [1.82, 2.24) is 9.21 Å². The van der Waals surface area contributed by atoms with E-state index in [4.69, 9.17) is 5.11 Å². The van der Waals surface area contributed by atoms with Gasteiger partial charge in [0, 0.05) is 32.7 Å². The second kappa shape index (κ2) is 5.54. The number of rotatable bonds is 6. The van der Waals surface area contributed by atoms with Crippen LogP contribution < -0.4 is 0 Å². The first-order chi connectivity index (χ1) is 8.47. The molecule has 2 fully saturated rings. The van der Waals surface area contributed by atoms with Crippen molar-refractivity contribution >= 4 is 16.0 Å². The highest BCUT2D eigenvalue weighted by atomic mass is 32.2. The molecule has 1 saturated heterocycles. The van der Waals surface area contributed by atoms with E-state index in [1.165, 1.54) is 0 Å². The molecule has 0 atom stereocenters. The van der Waals surface area contributed by atoms with Crippen LogP contribution in [0.1, 0.15) is 19.3 Å². The topological polar surface area (TPSA) is 77.9 Å². The Morgan fingerprint density at radius 1 is 1.17 bits per heavy atom. The van der Waals surface area contributed by atoms with Crippen molar-refractivity contribution < 1.29 is 18.3 Å². The smallest absolute Gasteiger partial charge is 0.304 e. The summed E-state index contributed by atoms with van der Waals surface area (Å²) in [6.07, 6.45) is 2.20. The van der Waals surface area contributed by atoms with Crippen molar-refractivity contribution in [2.75, 3.05) is 38.5 Å². The first-order valence-corrected chi connectivity index (χ1v) is 8.00. The van der Waals surface area contributed by atoms with Crippen LogP contribution in [0.5, 0.6) is 0 Å². The quantitative estimate of drug-likeness (QED) is 0.728. The fourth-order valence-electron chi connectivity index (χ4n) is 2.17. The van der Waals surface area contributed by atoms with Crippen LogP contribution in [0.3, 0.4) is 0 Å². The summed E-state index contributed by atoms with van der Waals surface area (Å²) in [6.45, 7) is 2.77. The molecule has 0 aromatic carbocycles. The molecule has 7 heteroatoms. The number of carboxylic acids is 1. The minimum atomic E-state index is -3.08. The number of piperazine rings is 1. The van der Waals surface area contributed by atoms with Gasteiger partial charge in [-0.25, -0.2) is 8.42 Å². The molecule has 104 valence electrons. The van der Waals surface area contributed by atoms with Gasteiger partial charge in [-0.15, -0.1) is 0 Å². The Hall–Kier alpha value is -0.660. The third kappa shape index (κ3) is 3.93. The highest BCUT2D eigenvalue weighted by Gasteiger charge is 2.33. The Balaban J connectivity index is 1.76.